The van der Waals surface area contributed by atoms with Crippen molar-refractivity contribution in [2.24, 2.45) is 0 Å². The average molecular weight is 277 g/mol. The van der Waals surface area contributed by atoms with E-state index in [0.29, 0.717) is 17.0 Å². The molecule has 0 aliphatic carbocycles. The van der Waals surface area contributed by atoms with Crippen LogP contribution in [0, 0.1) is 6.92 Å². The average Bonchev–Trinajstić information content (AvgIpc) is 2.39. The Hall–Kier alpha value is -2.07. The minimum atomic E-state index is -0.318. The van der Waals surface area contributed by atoms with Crippen LogP contribution in [0.3, 0.4) is 0 Å². The van der Waals surface area contributed by atoms with Gasteiger partial charge < -0.3 is 10.1 Å². The van der Waals surface area contributed by atoms with Crippen molar-refractivity contribution in [2.45, 2.75) is 6.92 Å². The van der Waals surface area contributed by atoms with Gasteiger partial charge >= 0.3 is 0 Å². The number of benzene rings is 1. The number of rotatable bonds is 3. The van der Waals surface area contributed by atoms with Crippen molar-refractivity contribution >= 4 is 23.2 Å². The Morgan fingerprint density at radius 1 is 1.37 bits per heavy atom. The predicted molar refractivity (Wildman–Crippen MR) is 74.9 cm³/mol. The highest BCUT2D eigenvalue weighted by Crippen LogP contribution is 2.26. The zero-order valence-electron chi connectivity index (χ0n) is 10.6. The second kappa shape index (κ2) is 5.71. The molecule has 0 saturated heterocycles. The Bertz CT molecular complexity index is 614. The van der Waals surface area contributed by atoms with E-state index in [0.717, 1.165) is 5.56 Å². The zero-order chi connectivity index (χ0) is 13.8. The first-order valence-electron chi connectivity index (χ1n) is 5.68. The lowest BCUT2D eigenvalue weighted by molar-refractivity contribution is 0.102. The van der Waals surface area contributed by atoms with Crippen molar-refractivity contribution in [3.8, 4) is 5.75 Å². The standard InChI is InChI=1S/C14H13ClN2O2/c1-9-5-6-12(19-2)11(8-9)17-14(18)10-4-3-7-16-13(10)15/h3-8H,1-2H3,(H,17,18). The first-order chi connectivity index (χ1) is 9.11. The summed E-state index contributed by atoms with van der Waals surface area (Å²) < 4.78 is 5.20. The van der Waals surface area contributed by atoms with E-state index in [2.05, 4.69) is 10.3 Å². The molecule has 0 fully saturated rings. The normalized spacial score (nSPS) is 10.1. The van der Waals surface area contributed by atoms with E-state index in [4.69, 9.17) is 16.3 Å². The number of carbonyl (C=O) groups is 1. The number of amides is 1. The van der Waals surface area contributed by atoms with Crippen LogP contribution in [0.15, 0.2) is 36.5 Å². The fraction of sp³-hybridized carbons (Fsp3) is 0.143. The van der Waals surface area contributed by atoms with Crippen LogP contribution < -0.4 is 10.1 Å². The summed E-state index contributed by atoms with van der Waals surface area (Å²) in [6.07, 6.45) is 1.53. The number of aryl methyl sites for hydroxylation is 1. The maximum absolute atomic E-state index is 12.1. The first-order valence-corrected chi connectivity index (χ1v) is 6.06. The van der Waals surface area contributed by atoms with Crippen LogP contribution in [0.2, 0.25) is 5.15 Å². The molecule has 0 saturated carbocycles. The SMILES string of the molecule is COc1ccc(C)cc1NC(=O)c1cccnc1Cl. The molecule has 1 aromatic heterocycles. The van der Waals surface area contributed by atoms with Gasteiger partial charge in [0.2, 0.25) is 0 Å². The number of hydrogen-bond donors (Lipinski definition) is 1. The third-order valence-electron chi connectivity index (χ3n) is 2.61. The maximum atomic E-state index is 12.1. The van der Waals surface area contributed by atoms with Gasteiger partial charge in [0.1, 0.15) is 10.9 Å². The molecule has 0 radical (unpaired) electrons. The van der Waals surface area contributed by atoms with Crippen molar-refractivity contribution in [2.75, 3.05) is 12.4 Å². The molecule has 2 aromatic rings. The Balaban J connectivity index is 2.29. The largest absolute Gasteiger partial charge is 0.495 e. The third-order valence-corrected chi connectivity index (χ3v) is 2.91. The molecule has 2 rings (SSSR count). The number of hydrogen-bond acceptors (Lipinski definition) is 3. The highest BCUT2D eigenvalue weighted by Gasteiger charge is 2.13. The molecule has 0 aliphatic heterocycles. The second-order valence-electron chi connectivity index (χ2n) is 4.00. The summed E-state index contributed by atoms with van der Waals surface area (Å²) in [6.45, 7) is 1.94. The van der Waals surface area contributed by atoms with Crippen LogP contribution in [0.25, 0.3) is 0 Å². The van der Waals surface area contributed by atoms with Crippen LogP contribution in [-0.4, -0.2) is 18.0 Å². The summed E-state index contributed by atoms with van der Waals surface area (Å²) >= 11 is 5.89. The Morgan fingerprint density at radius 3 is 2.84 bits per heavy atom. The number of ether oxygens (including phenoxy) is 1. The number of carbonyl (C=O) groups excluding carboxylic acids is 1. The van der Waals surface area contributed by atoms with E-state index in [1.165, 1.54) is 6.20 Å². The summed E-state index contributed by atoms with van der Waals surface area (Å²) in [4.78, 5) is 16.0. The van der Waals surface area contributed by atoms with Gasteiger partial charge in [0.25, 0.3) is 5.91 Å². The van der Waals surface area contributed by atoms with Crippen LogP contribution in [-0.2, 0) is 0 Å². The molecule has 1 N–H and O–H groups in total. The summed E-state index contributed by atoms with van der Waals surface area (Å²) in [7, 11) is 1.55. The Labute approximate surface area is 116 Å². The zero-order valence-corrected chi connectivity index (χ0v) is 11.4. The lowest BCUT2D eigenvalue weighted by atomic mass is 10.2. The molecule has 5 heteroatoms. The smallest absolute Gasteiger partial charge is 0.258 e. The van der Waals surface area contributed by atoms with E-state index in [1.54, 1.807) is 25.3 Å². The monoisotopic (exact) mass is 276 g/mol. The third kappa shape index (κ3) is 3.03. The number of pyridine rings is 1. The van der Waals surface area contributed by atoms with Gasteiger partial charge in [-0.25, -0.2) is 4.98 Å². The molecular formula is C14H13ClN2O2. The van der Waals surface area contributed by atoms with Crippen LogP contribution >= 0.6 is 11.6 Å². The van der Waals surface area contributed by atoms with Crippen LogP contribution in [0.4, 0.5) is 5.69 Å². The molecule has 0 spiro atoms. The van der Waals surface area contributed by atoms with E-state index >= 15 is 0 Å². The summed E-state index contributed by atoms with van der Waals surface area (Å²) in [6, 6.07) is 8.82. The molecule has 98 valence electrons. The topological polar surface area (TPSA) is 51.2 Å². The minimum Gasteiger partial charge on any atom is -0.495 e. The number of nitrogens with zero attached hydrogens (tertiary/aromatic N) is 1. The highest BCUT2D eigenvalue weighted by molar-refractivity contribution is 6.33. The lowest BCUT2D eigenvalue weighted by Gasteiger charge is -2.11. The van der Waals surface area contributed by atoms with Gasteiger partial charge in [-0.05, 0) is 36.8 Å². The lowest BCUT2D eigenvalue weighted by Crippen LogP contribution is -2.13. The molecule has 0 bridgehead atoms. The summed E-state index contributed by atoms with van der Waals surface area (Å²) in [5.41, 5.74) is 1.95. The van der Waals surface area contributed by atoms with Crippen LogP contribution in [0.1, 0.15) is 15.9 Å². The molecule has 1 heterocycles. The molecule has 0 atom stereocenters. The van der Waals surface area contributed by atoms with Crippen molar-refractivity contribution in [3.05, 3.63) is 52.8 Å². The molecular weight excluding hydrogens is 264 g/mol. The summed E-state index contributed by atoms with van der Waals surface area (Å²) in [5.74, 6) is 0.279. The second-order valence-corrected chi connectivity index (χ2v) is 4.36. The number of methoxy groups -OCH3 is 1. The molecule has 4 nitrogen and oxygen atoms in total. The predicted octanol–water partition coefficient (Wildman–Crippen LogP) is 3.30. The fourth-order valence-corrected chi connectivity index (χ4v) is 1.87. The summed E-state index contributed by atoms with van der Waals surface area (Å²) in [5, 5.41) is 2.94. The molecule has 19 heavy (non-hydrogen) atoms. The van der Waals surface area contributed by atoms with Crippen molar-refractivity contribution < 1.29 is 9.53 Å². The van der Waals surface area contributed by atoms with Crippen molar-refractivity contribution in [3.63, 3.8) is 0 Å². The van der Waals surface area contributed by atoms with Gasteiger partial charge in [-0.15, -0.1) is 0 Å². The first kappa shape index (κ1) is 13.4. The fourth-order valence-electron chi connectivity index (χ4n) is 1.66. The molecule has 1 amide bonds. The van der Waals surface area contributed by atoms with Gasteiger partial charge in [-0.1, -0.05) is 17.7 Å². The molecule has 1 aromatic carbocycles. The minimum absolute atomic E-state index is 0.173. The molecule has 0 unspecified atom stereocenters. The van der Waals surface area contributed by atoms with Crippen LogP contribution in [0.5, 0.6) is 5.75 Å². The van der Waals surface area contributed by atoms with E-state index in [-0.39, 0.29) is 11.1 Å². The maximum Gasteiger partial charge on any atom is 0.258 e. The number of aromatic nitrogens is 1. The van der Waals surface area contributed by atoms with Gasteiger partial charge in [0.15, 0.2) is 0 Å². The van der Waals surface area contributed by atoms with E-state index < -0.39 is 0 Å². The number of anilines is 1. The Kier molecular flexibility index (Phi) is 4.02. The van der Waals surface area contributed by atoms with Gasteiger partial charge in [-0.2, -0.15) is 0 Å². The number of halogens is 1. The Morgan fingerprint density at radius 2 is 2.16 bits per heavy atom. The quantitative estimate of drug-likeness (QED) is 0.875. The van der Waals surface area contributed by atoms with E-state index in [9.17, 15) is 4.79 Å². The van der Waals surface area contributed by atoms with E-state index in [1.807, 2.05) is 19.1 Å². The van der Waals surface area contributed by atoms with Gasteiger partial charge in [0.05, 0.1) is 18.4 Å². The van der Waals surface area contributed by atoms with Gasteiger partial charge in [-0.3, -0.25) is 4.79 Å². The van der Waals surface area contributed by atoms with Gasteiger partial charge in [0, 0.05) is 6.20 Å². The highest BCUT2D eigenvalue weighted by atomic mass is 35.5. The molecule has 0 aliphatic rings. The number of nitrogens with one attached hydrogen (secondary N) is 1. The van der Waals surface area contributed by atoms with Crippen molar-refractivity contribution in [1.82, 2.24) is 4.98 Å². The van der Waals surface area contributed by atoms with Crippen molar-refractivity contribution in [1.29, 1.82) is 0 Å².